The summed E-state index contributed by atoms with van der Waals surface area (Å²) in [7, 11) is 1.54. The van der Waals surface area contributed by atoms with Crippen LogP contribution in [0.15, 0.2) is 0 Å². The van der Waals surface area contributed by atoms with Crippen molar-refractivity contribution in [3.63, 3.8) is 0 Å². The smallest absolute Gasteiger partial charge is 0.243 e. The number of imide groups is 1. The van der Waals surface area contributed by atoms with Crippen LogP contribution in [0.1, 0.15) is 27.2 Å². The van der Waals surface area contributed by atoms with Crippen molar-refractivity contribution < 1.29 is 9.59 Å². The van der Waals surface area contributed by atoms with Gasteiger partial charge in [-0.25, -0.2) is 0 Å². The zero-order valence-electron chi connectivity index (χ0n) is 9.33. The normalized spacial score (nSPS) is 20.4. The van der Waals surface area contributed by atoms with Crippen LogP contribution in [-0.2, 0) is 9.59 Å². The van der Waals surface area contributed by atoms with E-state index in [0.29, 0.717) is 13.1 Å². The second kappa shape index (κ2) is 3.69. The summed E-state index contributed by atoms with van der Waals surface area (Å²) in [5, 5.41) is 0. The van der Waals surface area contributed by atoms with E-state index in [9.17, 15) is 9.59 Å². The zero-order chi connectivity index (χ0) is 10.9. The molecule has 0 aromatic rings. The van der Waals surface area contributed by atoms with Gasteiger partial charge in [-0.2, -0.15) is 0 Å². The maximum absolute atomic E-state index is 11.4. The van der Waals surface area contributed by atoms with Crippen molar-refractivity contribution in [1.29, 1.82) is 0 Å². The van der Waals surface area contributed by atoms with Crippen molar-refractivity contribution in [3.8, 4) is 0 Å². The van der Waals surface area contributed by atoms with E-state index in [1.165, 1.54) is 4.90 Å². The topological polar surface area (TPSA) is 40.6 Å². The summed E-state index contributed by atoms with van der Waals surface area (Å²) in [6.07, 6.45) is 0.928. The molecule has 0 aromatic heterocycles. The Morgan fingerprint density at radius 1 is 1.21 bits per heavy atom. The third-order valence-electron chi connectivity index (χ3n) is 3.12. The van der Waals surface area contributed by atoms with Crippen LogP contribution in [0.25, 0.3) is 0 Å². The van der Waals surface area contributed by atoms with E-state index in [4.69, 9.17) is 0 Å². The van der Waals surface area contributed by atoms with Crippen molar-refractivity contribution >= 4 is 11.8 Å². The van der Waals surface area contributed by atoms with Gasteiger partial charge in [-0.3, -0.25) is 19.4 Å². The average Bonchev–Trinajstić information content (AvgIpc) is 2.13. The van der Waals surface area contributed by atoms with Crippen molar-refractivity contribution in [2.24, 2.45) is 0 Å². The SMILES string of the molecule is CCC(C)(C)N1CC(=O)N(C)C(=O)C1. The molecule has 0 N–H and O–H groups in total. The lowest BCUT2D eigenvalue weighted by Crippen LogP contribution is -2.58. The second-order valence-corrected chi connectivity index (χ2v) is 4.37. The van der Waals surface area contributed by atoms with Crippen LogP contribution < -0.4 is 0 Å². The molecule has 0 aromatic carbocycles. The highest BCUT2D eigenvalue weighted by Crippen LogP contribution is 2.20. The van der Waals surface area contributed by atoms with Gasteiger partial charge in [-0.1, -0.05) is 6.92 Å². The summed E-state index contributed by atoms with van der Waals surface area (Å²) >= 11 is 0. The average molecular weight is 198 g/mol. The van der Waals surface area contributed by atoms with Gasteiger partial charge in [0.1, 0.15) is 0 Å². The van der Waals surface area contributed by atoms with Crippen LogP contribution in [0, 0.1) is 0 Å². The van der Waals surface area contributed by atoms with E-state index >= 15 is 0 Å². The fourth-order valence-corrected chi connectivity index (χ4v) is 1.39. The van der Waals surface area contributed by atoms with E-state index in [0.717, 1.165) is 6.42 Å². The molecule has 0 saturated carbocycles. The first-order valence-corrected chi connectivity index (χ1v) is 4.93. The molecule has 1 rings (SSSR count). The van der Waals surface area contributed by atoms with Crippen molar-refractivity contribution in [2.45, 2.75) is 32.7 Å². The molecule has 14 heavy (non-hydrogen) atoms. The van der Waals surface area contributed by atoms with Crippen LogP contribution in [-0.4, -0.2) is 47.3 Å². The van der Waals surface area contributed by atoms with Crippen LogP contribution in [0.5, 0.6) is 0 Å². The molecule has 0 unspecified atom stereocenters. The van der Waals surface area contributed by atoms with Gasteiger partial charge in [0.2, 0.25) is 11.8 Å². The van der Waals surface area contributed by atoms with E-state index in [1.807, 2.05) is 4.90 Å². The minimum atomic E-state index is -0.109. The largest absolute Gasteiger partial charge is 0.284 e. The Hall–Kier alpha value is -0.900. The number of nitrogens with zero attached hydrogens (tertiary/aromatic N) is 2. The number of piperazine rings is 1. The van der Waals surface area contributed by atoms with Gasteiger partial charge in [-0.15, -0.1) is 0 Å². The summed E-state index contributed by atoms with van der Waals surface area (Å²) in [5.41, 5.74) is -0.0768. The molecule has 0 radical (unpaired) electrons. The molecule has 1 aliphatic heterocycles. The third-order valence-corrected chi connectivity index (χ3v) is 3.12. The monoisotopic (exact) mass is 198 g/mol. The van der Waals surface area contributed by atoms with Crippen LogP contribution in [0.3, 0.4) is 0 Å². The van der Waals surface area contributed by atoms with E-state index < -0.39 is 0 Å². The minimum absolute atomic E-state index is 0.0768. The fraction of sp³-hybridized carbons (Fsp3) is 0.800. The maximum Gasteiger partial charge on any atom is 0.243 e. The Morgan fingerprint density at radius 3 is 2.00 bits per heavy atom. The molecule has 80 valence electrons. The second-order valence-electron chi connectivity index (χ2n) is 4.37. The lowest BCUT2D eigenvalue weighted by molar-refractivity contribution is -0.152. The van der Waals surface area contributed by atoms with Gasteiger partial charge in [0.25, 0.3) is 0 Å². The molecule has 1 aliphatic rings. The number of rotatable bonds is 2. The Balaban J connectivity index is 2.77. The van der Waals surface area contributed by atoms with E-state index in [2.05, 4.69) is 20.8 Å². The first kappa shape index (κ1) is 11.2. The summed E-state index contributed by atoms with van der Waals surface area (Å²) in [4.78, 5) is 26.0. The highest BCUT2D eigenvalue weighted by Gasteiger charge is 2.35. The summed E-state index contributed by atoms with van der Waals surface area (Å²) in [6.45, 7) is 6.87. The Bertz CT molecular complexity index is 243. The number of hydrogen-bond donors (Lipinski definition) is 0. The predicted octanol–water partition coefficient (Wildman–Crippen LogP) is 0.476. The molecular weight excluding hydrogens is 180 g/mol. The molecule has 0 aliphatic carbocycles. The third kappa shape index (κ3) is 1.95. The van der Waals surface area contributed by atoms with Gasteiger partial charge >= 0.3 is 0 Å². The minimum Gasteiger partial charge on any atom is -0.284 e. The molecular formula is C10H18N2O2. The highest BCUT2D eigenvalue weighted by molar-refractivity contribution is 5.99. The number of amides is 2. The van der Waals surface area contributed by atoms with Crippen molar-refractivity contribution in [3.05, 3.63) is 0 Å². The molecule has 2 amide bonds. The van der Waals surface area contributed by atoms with Crippen molar-refractivity contribution in [1.82, 2.24) is 9.80 Å². The quantitative estimate of drug-likeness (QED) is 0.606. The number of likely N-dealkylation sites (N-methyl/N-ethyl adjacent to an activating group) is 1. The molecule has 4 nitrogen and oxygen atoms in total. The molecule has 1 heterocycles. The molecule has 0 spiro atoms. The van der Waals surface area contributed by atoms with Crippen LogP contribution >= 0.6 is 0 Å². The summed E-state index contributed by atoms with van der Waals surface area (Å²) < 4.78 is 0. The molecule has 1 saturated heterocycles. The fourth-order valence-electron chi connectivity index (χ4n) is 1.39. The lowest BCUT2D eigenvalue weighted by atomic mass is 9.98. The number of carbonyl (C=O) groups is 2. The van der Waals surface area contributed by atoms with Crippen LogP contribution in [0.2, 0.25) is 0 Å². The predicted molar refractivity (Wildman–Crippen MR) is 53.7 cm³/mol. The van der Waals surface area contributed by atoms with Crippen molar-refractivity contribution in [2.75, 3.05) is 20.1 Å². The highest BCUT2D eigenvalue weighted by atomic mass is 16.2. The number of carbonyl (C=O) groups excluding carboxylic acids is 2. The van der Waals surface area contributed by atoms with Gasteiger partial charge in [0.05, 0.1) is 13.1 Å². The van der Waals surface area contributed by atoms with Gasteiger partial charge in [0, 0.05) is 12.6 Å². The molecule has 0 atom stereocenters. The van der Waals surface area contributed by atoms with Gasteiger partial charge in [-0.05, 0) is 20.3 Å². The first-order valence-electron chi connectivity index (χ1n) is 4.93. The Morgan fingerprint density at radius 2 is 1.64 bits per heavy atom. The Labute approximate surface area is 84.9 Å². The molecule has 1 fully saturated rings. The number of hydrogen-bond acceptors (Lipinski definition) is 3. The maximum atomic E-state index is 11.4. The van der Waals surface area contributed by atoms with Crippen LogP contribution in [0.4, 0.5) is 0 Å². The Kier molecular flexibility index (Phi) is 2.95. The van der Waals surface area contributed by atoms with E-state index in [-0.39, 0.29) is 17.4 Å². The first-order chi connectivity index (χ1) is 6.38. The zero-order valence-corrected chi connectivity index (χ0v) is 9.33. The summed E-state index contributed by atoms with van der Waals surface area (Å²) in [6, 6.07) is 0. The molecule has 4 heteroatoms. The standard InChI is InChI=1S/C10H18N2O2/c1-5-10(2,3)12-6-8(13)11(4)9(14)7-12/h5-7H2,1-4H3. The van der Waals surface area contributed by atoms with Gasteiger partial charge in [0.15, 0.2) is 0 Å². The summed E-state index contributed by atoms with van der Waals surface area (Å²) in [5.74, 6) is -0.217. The lowest BCUT2D eigenvalue weighted by Gasteiger charge is -2.41. The molecule has 0 bridgehead atoms. The van der Waals surface area contributed by atoms with Gasteiger partial charge < -0.3 is 0 Å². The van der Waals surface area contributed by atoms with E-state index in [1.54, 1.807) is 7.05 Å².